The summed E-state index contributed by atoms with van der Waals surface area (Å²) in [7, 11) is 0. The Kier molecular flexibility index (Phi) is 3.02. The lowest BCUT2D eigenvalue weighted by Gasteiger charge is -2.30. The highest BCUT2D eigenvalue weighted by molar-refractivity contribution is 5.85. The van der Waals surface area contributed by atoms with Crippen LogP contribution in [0, 0.1) is 0 Å². The molecule has 3 heteroatoms. The van der Waals surface area contributed by atoms with E-state index in [1.807, 2.05) is 0 Å². The zero-order valence-corrected chi connectivity index (χ0v) is 8.69. The van der Waals surface area contributed by atoms with Crippen molar-refractivity contribution in [3.63, 3.8) is 0 Å². The van der Waals surface area contributed by atoms with Crippen molar-refractivity contribution in [2.45, 2.75) is 44.9 Å². The van der Waals surface area contributed by atoms with Crippen LogP contribution in [0.2, 0.25) is 0 Å². The number of hydrogen-bond donors (Lipinski definition) is 0. The summed E-state index contributed by atoms with van der Waals surface area (Å²) in [5.74, 6) is 0. The van der Waals surface area contributed by atoms with Gasteiger partial charge in [-0.2, -0.15) is 0 Å². The molecule has 12 heavy (non-hydrogen) atoms. The molecule has 0 radical (unpaired) electrons. The van der Waals surface area contributed by atoms with E-state index in [1.54, 1.807) is 0 Å². The molecule has 0 amide bonds. The first kappa shape index (κ1) is 10.3. The van der Waals surface area contributed by atoms with Crippen LogP contribution in [0.25, 0.3) is 0 Å². The van der Waals surface area contributed by atoms with Crippen molar-refractivity contribution in [3.05, 3.63) is 0 Å². The first-order chi connectivity index (χ1) is 5.23. The average molecular weight is 192 g/mol. The Morgan fingerprint density at radius 3 is 2.17 bits per heavy atom. The molecule has 2 aliphatic heterocycles. The van der Waals surface area contributed by atoms with Gasteiger partial charge >= 0.3 is 0 Å². The van der Waals surface area contributed by atoms with E-state index in [2.05, 4.69) is 18.7 Å². The predicted octanol–water partition coefficient (Wildman–Crippen LogP) is 2.03. The molecule has 72 valence electrons. The highest BCUT2D eigenvalue weighted by atomic mass is 35.5. The van der Waals surface area contributed by atoms with Crippen LogP contribution in [0.3, 0.4) is 0 Å². The molecule has 2 heterocycles. The van der Waals surface area contributed by atoms with Crippen molar-refractivity contribution in [2.75, 3.05) is 13.1 Å². The van der Waals surface area contributed by atoms with E-state index in [9.17, 15) is 0 Å². The monoisotopic (exact) mass is 191 g/mol. The molecule has 2 saturated heterocycles. The second kappa shape index (κ2) is 3.52. The van der Waals surface area contributed by atoms with Crippen molar-refractivity contribution >= 4 is 12.4 Å². The number of likely N-dealkylation sites (tertiary alicyclic amines) is 1. The van der Waals surface area contributed by atoms with Gasteiger partial charge in [0.2, 0.25) is 0 Å². The predicted molar refractivity (Wildman–Crippen MR) is 51.6 cm³/mol. The Morgan fingerprint density at radius 1 is 1.25 bits per heavy atom. The van der Waals surface area contributed by atoms with Crippen LogP contribution in [0.15, 0.2) is 0 Å². The molecule has 2 aliphatic rings. The summed E-state index contributed by atoms with van der Waals surface area (Å²) in [5.41, 5.74) is 0.112. The van der Waals surface area contributed by atoms with Gasteiger partial charge in [-0.3, -0.25) is 4.90 Å². The summed E-state index contributed by atoms with van der Waals surface area (Å²) >= 11 is 0. The van der Waals surface area contributed by atoms with E-state index in [1.165, 1.54) is 32.4 Å². The molecule has 0 aromatic heterocycles. The maximum Gasteiger partial charge on any atom is 0.145 e. The van der Waals surface area contributed by atoms with Crippen molar-refractivity contribution in [2.24, 2.45) is 0 Å². The molecule has 2 fully saturated rings. The molecule has 2 nitrogen and oxygen atoms in total. The molecule has 2 atom stereocenters. The molecular formula is C9H18ClNO. The Balaban J connectivity index is 0.000000720. The van der Waals surface area contributed by atoms with Gasteiger partial charge in [0.15, 0.2) is 0 Å². The summed E-state index contributed by atoms with van der Waals surface area (Å²) in [5, 5.41) is 0. The molecule has 0 bridgehead atoms. The van der Waals surface area contributed by atoms with Crippen LogP contribution < -0.4 is 0 Å². The van der Waals surface area contributed by atoms with Crippen LogP contribution in [0.4, 0.5) is 0 Å². The van der Waals surface area contributed by atoms with E-state index in [-0.39, 0.29) is 18.1 Å². The summed E-state index contributed by atoms with van der Waals surface area (Å²) in [6.07, 6.45) is 4.57. The minimum Gasteiger partial charge on any atom is -0.351 e. The first-order valence-electron chi connectivity index (χ1n) is 4.66. The van der Waals surface area contributed by atoms with E-state index < -0.39 is 0 Å². The standard InChI is InChI=1S/C9H17NO.ClH/c1-8-9(2,11-8)10-6-4-3-5-7-10;/h8H,3-7H2,1-2H3;1H. The topological polar surface area (TPSA) is 15.8 Å². The highest BCUT2D eigenvalue weighted by Crippen LogP contribution is 2.40. The van der Waals surface area contributed by atoms with Gasteiger partial charge in [-0.25, -0.2) is 0 Å². The van der Waals surface area contributed by atoms with Gasteiger partial charge in [-0.15, -0.1) is 12.4 Å². The SMILES string of the molecule is CC1OC1(C)N1CCCCC1.Cl. The fourth-order valence-corrected chi connectivity index (χ4v) is 1.99. The molecule has 2 rings (SSSR count). The minimum atomic E-state index is 0. The molecule has 0 saturated carbocycles. The van der Waals surface area contributed by atoms with Crippen molar-refractivity contribution in [1.82, 2.24) is 4.90 Å². The number of epoxide rings is 1. The lowest BCUT2D eigenvalue weighted by Crippen LogP contribution is -2.41. The normalized spacial score (nSPS) is 42.0. The minimum absolute atomic E-state index is 0. The summed E-state index contributed by atoms with van der Waals surface area (Å²) in [6, 6.07) is 0. The average Bonchev–Trinajstić information content (AvgIpc) is 2.64. The summed E-state index contributed by atoms with van der Waals surface area (Å²) in [4.78, 5) is 2.49. The lowest BCUT2D eigenvalue weighted by atomic mass is 10.1. The number of halogens is 1. The van der Waals surface area contributed by atoms with E-state index >= 15 is 0 Å². The van der Waals surface area contributed by atoms with Gasteiger partial charge < -0.3 is 4.74 Å². The number of rotatable bonds is 1. The Hall–Kier alpha value is 0.210. The van der Waals surface area contributed by atoms with Gasteiger partial charge in [-0.1, -0.05) is 6.42 Å². The quantitative estimate of drug-likeness (QED) is 0.590. The Bertz CT molecular complexity index is 159. The van der Waals surface area contributed by atoms with Crippen LogP contribution in [-0.4, -0.2) is 29.8 Å². The molecule has 0 aromatic rings. The number of hydrogen-bond acceptors (Lipinski definition) is 2. The first-order valence-corrected chi connectivity index (χ1v) is 4.66. The van der Waals surface area contributed by atoms with Crippen molar-refractivity contribution in [1.29, 1.82) is 0 Å². The zero-order valence-electron chi connectivity index (χ0n) is 7.88. The maximum atomic E-state index is 5.57. The van der Waals surface area contributed by atoms with Gasteiger partial charge in [0.05, 0.1) is 6.10 Å². The maximum absolute atomic E-state index is 5.57. The smallest absolute Gasteiger partial charge is 0.145 e. The van der Waals surface area contributed by atoms with Gasteiger partial charge in [0.1, 0.15) is 5.72 Å². The largest absolute Gasteiger partial charge is 0.351 e. The van der Waals surface area contributed by atoms with Gasteiger partial charge in [-0.05, 0) is 26.7 Å². The summed E-state index contributed by atoms with van der Waals surface area (Å²) in [6.45, 7) is 6.85. The number of nitrogens with zero attached hydrogens (tertiary/aromatic N) is 1. The van der Waals surface area contributed by atoms with Crippen LogP contribution in [0.5, 0.6) is 0 Å². The van der Waals surface area contributed by atoms with Gasteiger partial charge in [0.25, 0.3) is 0 Å². The van der Waals surface area contributed by atoms with Crippen LogP contribution in [-0.2, 0) is 4.74 Å². The van der Waals surface area contributed by atoms with Crippen molar-refractivity contribution < 1.29 is 4.74 Å². The number of piperidine rings is 1. The van der Waals surface area contributed by atoms with Gasteiger partial charge in [0, 0.05) is 13.1 Å². The molecule has 0 spiro atoms. The second-order valence-electron chi connectivity index (χ2n) is 3.86. The van der Waals surface area contributed by atoms with E-state index in [0.717, 1.165) is 0 Å². The lowest BCUT2D eigenvalue weighted by molar-refractivity contribution is 0.0739. The van der Waals surface area contributed by atoms with Crippen LogP contribution in [0.1, 0.15) is 33.1 Å². The molecule has 2 unspecified atom stereocenters. The molecule has 0 N–H and O–H groups in total. The molecular weight excluding hydrogens is 174 g/mol. The fraction of sp³-hybridized carbons (Fsp3) is 1.00. The third-order valence-corrected chi connectivity index (χ3v) is 3.10. The van der Waals surface area contributed by atoms with E-state index in [4.69, 9.17) is 4.74 Å². The zero-order chi connectivity index (χ0) is 7.90. The summed E-state index contributed by atoms with van der Waals surface area (Å²) < 4.78 is 5.57. The second-order valence-corrected chi connectivity index (χ2v) is 3.86. The molecule has 0 aliphatic carbocycles. The Labute approximate surface area is 80.7 Å². The third-order valence-electron chi connectivity index (χ3n) is 3.10. The van der Waals surface area contributed by atoms with Crippen molar-refractivity contribution in [3.8, 4) is 0 Å². The number of ether oxygens (including phenoxy) is 1. The fourth-order valence-electron chi connectivity index (χ4n) is 1.99. The molecule has 0 aromatic carbocycles. The third kappa shape index (κ3) is 1.61. The highest BCUT2D eigenvalue weighted by Gasteiger charge is 2.53. The van der Waals surface area contributed by atoms with E-state index in [0.29, 0.717) is 6.10 Å². The Morgan fingerprint density at radius 2 is 1.75 bits per heavy atom. The van der Waals surface area contributed by atoms with Crippen LogP contribution >= 0.6 is 12.4 Å².